The summed E-state index contributed by atoms with van der Waals surface area (Å²) in [6.07, 6.45) is 1.05. The Morgan fingerprint density at radius 1 is 1.35 bits per heavy atom. The van der Waals surface area contributed by atoms with Gasteiger partial charge in [-0.05, 0) is 33.0 Å². The van der Waals surface area contributed by atoms with E-state index in [2.05, 4.69) is 15.4 Å². The van der Waals surface area contributed by atoms with Crippen LogP contribution in [-0.2, 0) is 10.0 Å². The highest BCUT2D eigenvalue weighted by Crippen LogP contribution is 2.18. The first kappa shape index (κ1) is 16.5. The van der Waals surface area contributed by atoms with Crippen molar-refractivity contribution in [3.8, 4) is 0 Å². The predicted octanol–water partition coefficient (Wildman–Crippen LogP) is 0.704. The highest BCUT2D eigenvalue weighted by Gasteiger charge is 2.14. The molecule has 7 heteroatoms. The molecule has 0 aliphatic carbocycles. The monoisotopic (exact) mass is 299 g/mol. The van der Waals surface area contributed by atoms with E-state index in [1.165, 1.54) is 0 Å². The van der Waals surface area contributed by atoms with Gasteiger partial charge in [0.1, 0.15) is 0 Å². The smallest absolute Gasteiger partial charge is 0.253 e. The first-order chi connectivity index (χ1) is 9.23. The molecule has 1 unspecified atom stereocenters. The van der Waals surface area contributed by atoms with Gasteiger partial charge < -0.3 is 10.6 Å². The Balaban J connectivity index is 2.97. The molecule has 0 aliphatic heterocycles. The van der Waals surface area contributed by atoms with Gasteiger partial charge in [-0.1, -0.05) is 11.6 Å². The average Bonchev–Trinajstić information content (AvgIpc) is 2.36. The normalized spacial score (nSPS) is 12.8. The standard InChI is InChI=1S/C13H21N3O3S/c1-9-5-6-12(16-20(4,18)19)11(7-9)13(17)15-8-10(2)14-3/h5-7,10,14,16H,8H2,1-4H3,(H,15,17). The second-order valence-corrected chi connectivity index (χ2v) is 6.57. The van der Waals surface area contributed by atoms with Gasteiger partial charge in [-0.25, -0.2) is 8.42 Å². The van der Waals surface area contributed by atoms with Crippen LogP contribution in [0.4, 0.5) is 5.69 Å². The van der Waals surface area contributed by atoms with Gasteiger partial charge in [-0.2, -0.15) is 0 Å². The van der Waals surface area contributed by atoms with Gasteiger partial charge in [0.2, 0.25) is 10.0 Å². The number of nitrogens with one attached hydrogen (secondary N) is 3. The van der Waals surface area contributed by atoms with E-state index in [1.54, 1.807) is 25.2 Å². The highest BCUT2D eigenvalue weighted by molar-refractivity contribution is 7.92. The molecule has 0 fully saturated rings. The molecule has 0 saturated heterocycles. The Labute approximate surface area is 120 Å². The zero-order valence-electron chi connectivity index (χ0n) is 12.1. The fraction of sp³-hybridized carbons (Fsp3) is 0.462. The third-order valence-electron chi connectivity index (χ3n) is 2.78. The fourth-order valence-corrected chi connectivity index (χ4v) is 2.16. The number of sulfonamides is 1. The molecule has 0 saturated carbocycles. The number of likely N-dealkylation sites (N-methyl/N-ethyl adjacent to an activating group) is 1. The molecule has 1 aromatic rings. The van der Waals surface area contributed by atoms with Crippen LogP contribution in [0.15, 0.2) is 18.2 Å². The second kappa shape index (κ2) is 6.71. The molecule has 1 aromatic carbocycles. The lowest BCUT2D eigenvalue weighted by molar-refractivity contribution is 0.0951. The lowest BCUT2D eigenvalue weighted by Gasteiger charge is -2.14. The number of hydrogen-bond acceptors (Lipinski definition) is 4. The Bertz CT molecular complexity index is 585. The molecule has 1 amide bonds. The summed E-state index contributed by atoms with van der Waals surface area (Å²) in [4.78, 5) is 12.2. The summed E-state index contributed by atoms with van der Waals surface area (Å²) < 4.78 is 25.0. The minimum Gasteiger partial charge on any atom is -0.350 e. The molecule has 0 heterocycles. The van der Waals surface area contributed by atoms with Crippen molar-refractivity contribution < 1.29 is 13.2 Å². The van der Waals surface area contributed by atoms with E-state index >= 15 is 0 Å². The lowest BCUT2D eigenvalue weighted by Crippen LogP contribution is -2.37. The summed E-state index contributed by atoms with van der Waals surface area (Å²) in [7, 11) is -1.62. The Kier molecular flexibility index (Phi) is 5.52. The molecule has 112 valence electrons. The number of carbonyl (C=O) groups is 1. The fourth-order valence-electron chi connectivity index (χ4n) is 1.58. The third kappa shape index (κ3) is 5.18. The molecule has 1 atom stereocenters. The molecular weight excluding hydrogens is 278 g/mol. The Hall–Kier alpha value is -1.60. The van der Waals surface area contributed by atoms with E-state index in [0.717, 1.165) is 11.8 Å². The van der Waals surface area contributed by atoms with Crippen LogP contribution in [0.25, 0.3) is 0 Å². The van der Waals surface area contributed by atoms with Crippen molar-refractivity contribution in [2.45, 2.75) is 19.9 Å². The van der Waals surface area contributed by atoms with Gasteiger partial charge in [0.05, 0.1) is 17.5 Å². The van der Waals surface area contributed by atoms with Crippen molar-refractivity contribution in [3.05, 3.63) is 29.3 Å². The van der Waals surface area contributed by atoms with Gasteiger partial charge in [-0.15, -0.1) is 0 Å². The van der Waals surface area contributed by atoms with Crippen molar-refractivity contribution in [2.24, 2.45) is 0 Å². The van der Waals surface area contributed by atoms with Crippen molar-refractivity contribution in [2.75, 3.05) is 24.6 Å². The largest absolute Gasteiger partial charge is 0.350 e. The number of hydrogen-bond donors (Lipinski definition) is 3. The van der Waals surface area contributed by atoms with E-state index in [4.69, 9.17) is 0 Å². The second-order valence-electron chi connectivity index (χ2n) is 4.82. The summed E-state index contributed by atoms with van der Waals surface area (Å²) in [5.74, 6) is -0.304. The van der Waals surface area contributed by atoms with Gasteiger partial charge in [0.25, 0.3) is 5.91 Å². The van der Waals surface area contributed by atoms with Gasteiger partial charge in [0.15, 0.2) is 0 Å². The molecule has 0 aliphatic rings. The molecule has 3 N–H and O–H groups in total. The van der Waals surface area contributed by atoms with Crippen LogP contribution >= 0.6 is 0 Å². The van der Waals surface area contributed by atoms with Gasteiger partial charge in [-0.3, -0.25) is 9.52 Å². The zero-order chi connectivity index (χ0) is 15.3. The highest BCUT2D eigenvalue weighted by atomic mass is 32.2. The average molecular weight is 299 g/mol. The van der Waals surface area contributed by atoms with Crippen LogP contribution in [0.3, 0.4) is 0 Å². The van der Waals surface area contributed by atoms with Crippen LogP contribution in [-0.4, -0.2) is 40.2 Å². The maximum atomic E-state index is 12.2. The summed E-state index contributed by atoms with van der Waals surface area (Å²) in [5, 5.41) is 5.78. The molecule has 0 aromatic heterocycles. The summed E-state index contributed by atoms with van der Waals surface area (Å²) in [6.45, 7) is 4.24. The maximum Gasteiger partial charge on any atom is 0.253 e. The first-order valence-corrected chi connectivity index (χ1v) is 8.16. The molecule has 6 nitrogen and oxygen atoms in total. The van der Waals surface area contributed by atoms with E-state index in [-0.39, 0.29) is 17.6 Å². The van der Waals surface area contributed by atoms with Crippen LogP contribution in [0.5, 0.6) is 0 Å². The molecular formula is C13H21N3O3S. The molecule has 20 heavy (non-hydrogen) atoms. The molecule has 0 bridgehead atoms. The topological polar surface area (TPSA) is 87.3 Å². The quantitative estimate of drug-likeness (QED) is 0.722. The zero-order valence-corrected chi connectivity index (χ0v) is 13.0. The summed E-state index contributed by atoms with van der Waals surface area (Å²) in [5.41, 5.74) is 1.49. The Morgan fingerprint density at radius 2 is 2.00 bits per heavy atom. The van der Waals surface area contributed by atoms with Crippen LogP contribution in [0.2, 0.25) is 0 Å². The van der Waals surface area contributed by atoms with Crippen molar-refractivity contribution in [3.63, 3.8) is 0 Å². The first-order valence-electron chi connectivity index (χ1n) is 6.27. The van der Waals surface area contributed by atoms with Crippen molar-refractivity contribution in [1.82, 2.24) is 10.6 Å². The van der Waals surface area contributed by atoms with E-state index < -0.39 is 10.0 Å². The number of rotatable bonds is 6. The number of carbonyl (C=O) groups excluding carboxylic acids is 1. The van der Waals surface area contributed by atoms with Crippen LogP contribution < -0.4 is 15.4 Å². The van der Waals surface area contributed by atoms with Crippen molar-refractivity contribution >= 4 is 21.6 Å². The molecule has 0 radical (unpaired) electrons. The molecule has 1 rings (SSSR count). The van der Waals surface area contributed by atoms with Crippen LogP contribution in [0, 0.1) is 6.92 Å². The summed E-state index contributed by atoms with van der Waals surface area (Å²) in [6, 6.07) is 5.13. The van der Waals surface area contributed by atoms with Crippen molar-refractivity contribution in [1.29, 1.82) is 0 Å². The van der Waals surface area contributed by atoms with Crippen LogP contribution in [0.1, 0.15) is 22.8 Å². The predicted molar refractivity (Wildman–Crippen MR) is 80.5 cm³/mol. The Morgan fingerprint density at radius 3 is 2.55 bits per heavy atom. The maximum absolute atomic E-state index is 12.2. The SMILES string of the molecule is CNC(C)CNC(=O)c1cc(C)ccc1NS(C)(=O)=O. The number of anilines is 1. The number of benzene rings is 1. The van der Waals surface area contributed by atoms with E-state index in [9.17, 15) is 13.2 Å². The summed E-state index contributed by atoms with van der Waals surface area (Å²) >= 11 is 0. The minimum absolute atomic E-state index is 0.134. The molecule has 0 spiro atoms. The minimum atomic E-state index is -3.42. The lowest BCUT2D eigenvalue weighted by atomic mass is 10.1. The number of aryl methyl sites for hydroxylation is 1. The third-order valence-corrected chi connectivity index (χ3v) is 3.37. The van der Waals surface area contributed by atoms with E-state index in [0.29, 0.717) is 12.1 Å². The van der Waals surface area contributed by atoms with E-state index in [1.807, 2.05) is 13.8 Å². The van der Waals surface area contributed by atoms with Gasteiger partial charge >= 0.3 is 0 Å². The number of amides is 1. The van der Waals surface area contributed by atoms with Gasteiger partial charge in [0, 0.05) is 12.6 Å².